The van der Waals surface area contributed by atoms with Crippen molar-refractivity contribution in [3.8, 4) is 0 Å². The Morgan fingerprint density at radius 1 is 1.29 bits per heavy atom. The lowest BCUT2D eigenvalue weighted by molar-refractivity contribution is -0.119. The van der Waals surface area contributed by atoms with Gasteiger partial charge >= 0.3 is 0 Å². The largest absolute Gasteiger partial charge is 0.360 e. The van der Waals surface area contributed by atoms with Crippen molar-refractivity contribution in [2.24, 2.45) is 0 Å². The number of aromatic nitrogens is 1. The summed E-state index contributed by atoms with van der Waals surface area (Å²) in [7, 11) is -2.10. The second-order valence-electron chi connectivity index (χ2n) is 6.62. The number of sulfonamides is 1. The quantitative estimate of drug-likeness (QED) is 0.919. The number of hydrogen-bond donors (Lipinski definition) is 1. The van der Waals surface area contributed by atoms with Crippen molar-refractivity contribution < 1.29 is 17.7 Å². The van der Waals surface area contributed by atoms with E-state index in [1.165, 1.54) is 12.1 Å². The van der Waals surface area contributed by atoms with Crippen LogP contribution in [0.3, 0.4) is 0 Å². The topological polar surface area (TPSA) is 92.5 Å². The molecule has 2 heterocycles. The molecule has 0 saturated carbocycles. The fourth-order valence-corrected chi connectivity index (χ4v) is 3.86. The normalized spacial score (nSPS) is 16.8. The summed E-state index contributed by atoms with van der Waals surface area (Å²) >= 11 is 0. The molecule has 0 saturated heterocycles. The molecule has 1 amide bonds. The van der Waals surface area contributed by atoms with E-state index >= 15 is 0 Å². The SMILES string of the molecule is Cc1cc(NS(=O)(=O)c2ccc3c(c2)C(C)(C)CC(=O)N3C)no1. The average Bonchev–Trinajstić information content (AvgIpc) is 2.88. The highest BCUT2D eigenvalue weighted by Gasteiger charge is 2.36. The smallest absolute Gasteiger partial charge is 0.263 e. The number of amides is 1. The average molecular weight is 349 g/mol. The summed E-state index contributed by atoms with van der Waals surface area (Å²) in [6.07, 6.45) is 0.329. The van der Waals surface area contributed by atoms with Crippen molar-refractivity contribution in [1.82, 2.24) is 5.16 Å². The molecule has 0 spiro atoms. The van der Waals surface area contributed by atoms with Gasteiger partial charge in [0, 0.05) is 30.6 Å². The van der Waals surface area contributed by atoms with Crippen LogP contribution in [0.4, 0.5) is 11.5 Å². The van der Waals surface area contributed by atoms with Crippen molar-refractivity contribution in [2.45, 2.75) is 37.5 Å². The maximum atomic E-state index is 12.6. The van der Waals surface area contributed by atoms with Crippen LogP contribution in [0.5, 0.6) is 0 Å². The van der Waals surface area contributed by atoms with Crippen LogP contribution in [-0.4, -0.2) is 26.5 Å². The van der Waals surface area contributed by atoms with Crippen molar-refractivity contribution >= 4 is 27.4 Å². The molecule has 0 unspecified atom stereocenters. The van der Waals surface area contributed by atoms with E-state index in [9.17, 15) is 13.2 Å². The van der Waals surface area contributed by atoms with Crippen molar-refractivity contribution in [2.75, 3.05) is 16.7 Å². The number of carbonyl (C=O) groups is 1. The van der Waals surface area contributed by atoms with Gasteiger partial charge < -0.3 is 9.42 Å². The summed E-state index contributed by atoms with van der Waals surface area (Å²) in [6.45, 7) is 5.54. The Labute approximate surface area is 140 Å². The van der Waals surface area contributed by atoms with Gasteiger partial charge in [0.05, 0.1) is 4.90 Å². The zero-order chi connectivity index (χ0) is 17.7. The molecule has 0 radical (unpaired) electrons. The first-order chi connectivity index (χ1) is 11.1. The Hall–Kier alpha value is -2.35. The van der Waals surface area contributed by atoms with Crippen LogP contribution in [0.15, 0.2) is 33.7 Å². The van der Waals surface area contributed by atoms with Gasteiger partial charge in [-0.05, 0) is 30.7 Å². The molecular weight excluding hydrogens is 330 g/mol. The number of benzene rings is 1. The number of nitrogens with one attached hydrogen (secondary N) is 1. The summed E-state index contributed by atoms with van der Waals surface area (Å²) in [5, 5.41) is 3.65. The molecule has 1 aliphatic rings. The van der Waals surface area contributed by atoms with E-state index in [0.29, 0.717) is 12.2 Å². The minimum Gasteiger partial charge on any atom is -0.360 e. The molecule has 1 aliphatic heterocycles. The van der Waals surface area contributed by atoms with Crippen LogP contribution >= 0.6 is 0 Å². The lowest BCUT2D eigenvalue weighted by Crippen LogP contribution is -2.39. The molecule has 0 bridgehead atoms. The van der Waals surface area contributed by atoms with Crippen LogP contribution in [0.25, 0.3) is 0 Å². The molecule has 1 aromatic carbocycles. The van der Waals surface area contributed by atoms with Gasteiger partial charge in [0.1, 0.15) is 5.76 Å². The third kappa shape index (κ3) is 2.77. The standard InChI is InChI=1S/C16H19N3O4S/c1-10-7-14(17-23-10)18-24(21,22)11-5-6-13-12(8-11)16(2,3)9-15(20)19(13)4/h5-8H,9H2,1-4H3,(H,17,18). The molecule has 3 rings (SSSR count). The number of carbonyl (C=O) groups excluding carboxylic acids is 1. The molecule has 0 aliphatic carbocycles. The first-order valence-corrected chi connectivity index (χ1v) is 8.96. The van der Waals surface area contributed by atoms with Crippen LogP contribution in [-0.2, 0) is 20.2 Å². The van der Waals surface area contributed by atoms with Crippen molar-refractivity contribution in [3.63, 3.8) is 0 Å². The van der Waals surface area contributed by atoms with E-state index in [1.807, 2.05) is 13.8 Å². The van der Waals surface area contributed by atoms with E-state index in [0.717, 1.165) is 11.3 Å². The van der Waals surface area contributed by atoms with Gasteiger partial charge in [-0.15, -0.1) is 0 Å². The summed E-state index contributed by atoms with van der Waals surface area (Å²) in [6, 6.07) is 6.27. The van der Waals surface area contributed by atoms with E-state index in [1.54, 1.807) is 31.0 Å². The Morgan fingerprint density at radius 2 is 2.00 bits per heavy atom. The minimum atomic E-state index is -3.79. The first kappa shape index (κ1) is 16.5. The third-order valence-corrected chi connectivity index (χ3v) is 5.56. The van der Waals surface area contributed by atoms with Gasteiger partial charge in [0.15, 0.2) is 5.82 Å². The Balaban J connectivity index is 2.03. The molecule has 1 N–H and O–H groups in total. The number of aryl methyl sites for hydroxylation is 1. The van der Waals surface area contributed by atoms with E-state index in [-0.39, 0.29) is 16.6 Å². The van der Waals surface area contributed by atoms with Crippen molar-refractivity contribution in [3.05, 3.63) is 35.6 Å². The van der Waals surface area contributed by atoms with Gasteiger partial charge in [-0.2, -0.15) is 0 Å². The highest BCUT2D eigenvalue weighted by molar-refractivity contribution is 7.92. The van der Waals surface area contributed by atoms with Crippen LogP contribution in [0.1, 0.15) is 31.6 Å². The molecule has 128 valence electrons. The summed E-state index contributed by atoms with van der Waals surface area (Å²) < 4.78 is 32.4. The first-order valence-electron chi connectivity index (χ1n) is 7.47. The predicted molar refractivity (Wildman–Crippen MR) is 89.5 cm³/mol. The van der Waals surface area contributed by atoms with Gasteiger partial charge in [-0.1, -0.05) is 19.0 Å². The zero-order valence-electron chi connectivity index (χ0n) is 14.0. The number of rotatable bonds is 3. The van der Waals surface area contributed by atoms with Crippen molar-refractivity contribution in [1.29, 1.82) is 0 Å². The van der Waals surface area contributed by atoms with Crippen LogP contribution < -0.4 is 9.62 Å². The molecule has 7 nitrogen and oxygen atoms in total. The van der Waals surface area contributed by atoms with Gasteiger partial charge in [-0.3, -0.25) is 9.52 Å². The zero-order valence-corrected chi connectivity index (χ0v) is 14.8. The number of hydrogen-bond acceptors (Lipinski definition) is 5. The van der Waals surface area contributed by atoms with E-state index < -0.39 is 15.4 Å². The maximum absolute atomic E-state index is 12.6. The predicted octanol–water partition coefficient (Wildman–Crippen LogP) is 2.43. The minimum absolute atomic E-state index is 0.0132. The number of fused-ring (bicyclic) bond motifs is 1. The summed E-state index contributed by atoms with van der Waals surface area (Å²) in [5.41, 5.74) is 1.12. The molecule has 8 heteroatoms. The maximum Gasteiger partial charge on any atom is 0.263 e. The Kier molecular flexibility index (Phi) is 3.67. The van der Waals surface area contributed by atoms with E-state index in [2.05, 4.69) is 9.88 Å². The second-order valence-corrected chi connectivity index (χ2v) is 8.30. The molecule has 24 heavy (non-hydrogen) atoms. The lowest BCUT2D eigenvalue weighted by atomic mass is 9.77. The molecular formula is C16H19N3O4S. The highest BCUT2D eigenvalue weighted by Crippen LogP contribution is 2.40. The lowest BCUT2D eigenvalue weighted by Gasteiger charge is -2.37. The summed E-state index contributed by atoms with van der Waals surface area (Å²) in [5.74, 6) is 0.662. The van der Waals surface area contributed by atoms with Gasteiger partial charge in [0.2, 0.25) is 5.91 Å². The molecule has 1 aromatic heterocycles. The molecule has 0 atom stereocenters. The third-order valence-electron chi connectivity index (χ3n) is 4.20. The fourth-order valence-electron chi connectivity index (χ4n) is 2.85. The van der Waals surface area contributed by atoms with Gasteiger partial charge in [-0.25, -0.2) is 8.42 Å². The fraction of sp³-hybridized carbons (Fsp3) is 0.375. The second kappa shape index (κ2) is 5.34. The monoisotopic (exact) mass is 349 g/mol. The Morgan fingerprint density at radius 3 is 2.62 bits per heavy atom. The Bertz CT molecular complexity index is 915. The van der Waals surface area contributed by atoms with E-state index in [4.69, 9.17) is 4.52 Å². The summed E-state index contributed by atoms with van der Waals surface area (Å²) in [4.78, 5) is 13.8. The van der Waals surface area contributed by atoms with Crippen LogP contribution in [0.2, 0.25) is 0 Å². The number of anilines is 2. The van der Waals surface area contributed by atoms with Gasteiger partial charge in [0.25, 0.3) is 10.0 Å². The number of nitrogens with zero attached hydrogens (tertiary/aromatic N) is 2. The highest BCUT2D eigenvalue weighted by atomic mass is 32.2. The molecule has 0 fully saturated rings. The molecule has 2 aromatic rings. The van der Waals surface area contributed by atoms with Crippen LogP contribution in [0, 0.1) is 6.92 Å².